The van der Waals surface area contributed by atoms with E-state index in [-0.39, 0.29) is 17.2 Å². The summed E-state index contributed by atoms with van der Waals surface area (Å²) in [4.78, 5) is 26.2. The third kappa shape index (κ3) is 3.85. The number of nitrogens with one attached hydrogen (secondary N) is 1. The molecular weight excluding hydrogens is 278 g/mol. The van der Waals surface area contributed by atoms with Gasteiger partial charge in [-0.15, -0.1) is 0 Å². The maximum atomic E-state index is 12.2. The lowest BCUT2D eigenvalue weighted by atomic mass is 9.87. The van der Waals surface area contributed by atoms with Gasteiger partial charge in [0.05, 0.1) is 6.04 Å². The quantitative estimate of drug-likeness (QED) is 0.899. The first-order chi connectivity index (χ1) is 10.3. The van der Waals surface area contributed by atoms with Gasteiger partial charge >= 0.3 is 0 Å². The first-order valence-corrected chi connectivity index (χ1v) is 7.75. The maximum absolute atomic E-state index is 12.2. The summed E-state index contributed by atoms with van der Waals surface area (Å²) in [6.45, 7) is 7.44. The van der Waals surface area contributed by atoms with Crippen molar-refractivity contribution in [1.82, 2.24) is 4.90 Å². The van der Waals surface area contributed by atoms with Gasteiger partial charge in [0.25, 0.3) is 5.91 Å². The van der Waals surface area contributed by atoms with Crippen LogP contribution in [-0.2, 0) is 4.79 Å². The van der Waals surface area contributed by atoms with Crippen molar-refractivity contribution in [1.29, 1.82) is 0 Å². The zero-order chi connectivity index (χ0) is 16.3. The van der Waals surface area contributed by atoms with Crippen molar-refractivity contribution in [2.45, 2.75) is 39.7 Å². The number of carbonyl (C=O) groups is 2. The molecule has 5 heteroatoms. The highest BCUT2D eigenvalue weighted by atomic mass is 16.2. The molecule has 0 bridgehead atoms. The van der Waals surface area contributed by atoms with Crippen molar-refractivity contribution in [3.63, 3.8) is 0 Å². The Kier molecular flexibility index (Phi) is 4.86. The van der Waals surface area contributed by atoms with E-state index in [0.29, 0.717) is 11.3 Å². The fourth-order valence-corrected chi connectivity index (χ4v) is 2.41. The van der Waals surface area contributed by atoms with Crippen molar-refractivity contribution in [2.75, 3.05) is 18.4 Å². The van der Waals surface area contributed by atoms with Crippen LogP contribution >= 0.6 is 0 Å². The molecular formula is C17H25N3O2. The topological polar surface area (TPSA) is 75.4 Å². The number of likely N-dealkylation sites (tertiary alicyclic amines) is 1. The Balaban J connectivity index is 2.00. The second-order valence-electron chi connectivity index (χ2n) is 6.91. The van der Waals surface area contributed by atoms with Gasteiger partial charge in [0, 0.05) is 24.3 Å². The summed E-state index contributed by atoms with van der Waals surface area (Å²) in [7, 11) is 0. The summed E-state index contributed by atoms with van der Waals surface area (Å²) >= 11 is 0. The standard InChI is InChI=1S/C17H25N3O2/c1-17(2,3)14(18)15(21)19-13-8-6-12(7-9-13)16(22)20-10-4-5-11-20/h6-9,14H,4-5,10-11,18H2,1-3H3,(H,19,21)/t14-/m1/s1. The second kappa shape index (κ2) is 6.48. The van der Waals surface area contributed by atoms with E-state index in [4.69, 9.17) is 5.73 Å². The Bertz CT molecular complexity index is 540. The van der Waals surface area contributed by atoms with Crippen LogP contribution in [0.15, 0.2) is 24.3 Å². The van der Waals surface area contributed by atoms with E-state index in [0.717, 1.165) is 25.9 Å². The van der Waals surface area contributed by atoms with Crippen LogP contribution in [0.5, 0.6) is 0 Å². The Morgan fingerprint density at radius 2 is 1.68 bits per heavy atom. The minimum Gasteiger partial charge on any atom is -0.339 e. The van der Waals surface area contributed by atoms with E-state index in [1.807, 2.05) is 25.7 Å². The fraction of sp³-hybridized carbons (Fsp3) is 0.529. The zero-order valence-corrected chi connectivity index (χ0v) is 13.6. The van der Waals surface area contributed by atoms with Crippen LogP contribution in [0.4, 0.5) is 5.69 Å². The molecule has 2 amide bonds. The van der Waals surface area contributed by atoms with Gasteiger partial charge < -0.3 is 16.0 Å². The summed E-state index contributed by atoms with van der Waals surface area (Å²) in [6.07, 6.45) is 2.15. The van der Waals surface area contributed by atoms with E-state index in [2.05, 4.69) is 5.32 Å². The Hall–Kier alpha value is -1.88. The third-order valence-corrected chi connectivity index (χ3v) is 4.01. The van der Waals surface area contributed by atoms with E-state index in [1.54, 1.807) is 24.3 Å². The van der Waals surface area contributed by atoms with Gasteiger partial charge in [-0.2, -0.15) is 0 Å². The van der Waals surface area contributed by atoms with Gasteiger partial charge in [-0.05, 0) is 42.5 Å². The molecule has 0 saturated carbocycles. The molecule has 0 unspecified atom stereocenters. The average molecular weight is 303 g/mol. The highest BCUT2D eigenvalue weighted by Gasteiger charge is 2.27. The number of anilines is 1. The smallest absolute Gasteiger partial charge is 0.253 e. The Morgan fingerprint density at radius 1 is 1.14 bits per heavy atom. The lowest BCUT2D eigenvalue weighted by Gasteiger charge is -2.25. The minimum absolute atomic E-state index is 0.0572. The van der Waals surface area contributed by atoms with Gasteiger partial charge in [0.2, 0.25) is 5.91 Å². The summed E-state index contributed by atoms with van der Waals surface area (Å²) in [5, 5.41) is 2.80. The average Bonchev–Trinajstić information content (AvgIpc) is 2.99. The second-order valence-corrected chi connectivity index (χ2v) is 6.91. The Morgan fingerprint density at radius 3 is 2.18 bits per heavy atom. The molecule has 0 aliphatic carbocycles. The third-order valence-electron chi connectivity index (χ3n) is 4.01. The largest absolute Gasteiger partial charge is 0.339 e. The highest BCUT2D eigenvalue weighted by molar-refractivity contribution is 5.97. The Labute approximate surface area is 131 Å². The fourth-order valence-electron chi connectivity index (χ4n) is 2.41. The maximum Gasteiger partial charge on any atom is 0.253 e. The van der Waals surface area contributed by atoms with Gasteiger partial charge in [0.1, 0.15) is 0 Å². The molecule has 5 nitrogen and oxygen atoms in total. The zero-order valence-electron chi connectivity index (χ0n) is 13.6. The summed E-state index contributed by atoms with van der Waals surface area (Å²) < 4.78 is 0. The molecule has 1 fully saturated rings. The molecule has 1 saturated heterocycles. The molecule has 120 valence electrons. The van der Waals surface area contributed by atoms with Crippen LogP contribution in [0.25, 0.3) is 0 Å². The van der Waals surface area contributed by atoms with Crippen LogP contribution in [0.3, 0.4) is 0 Å². The molecule has 0 spiro atoms. The van der Waals surface area contributed by atoms with Crippen LogP contribution in [0, 0.1) is 5.41 Å². The number of amides is 2. The summed E-state index contributed by atoms with van der Waals surface area (Å²) in [5.41, 5.74) is 6.94. The molecule has 22 heavy (non-hydrogen) atoms. The van der Waals surface area contributed by atoms with Crippen molar-refractivity contribution in [3.05, 3.63) is 29.8 Å². The predicted octanol–water partition coefficient (Wildman–Crippen LogP) is 2.23. The van der Waals surface area contributed by atoms with Crippen molar-refractivity contribution in [3.8, 4) is 0 Å². The van der Waals surface area contributed by atoms with Crippen LogP contribution < -0.4 is 11.1 Å². The van der Waals surface area contributed by atoms with Gasteiger partial charge in [-0.25, -0.2) is 0 Å². The van der Waals surface area contributed by atoms with Crippen LogP contribution in [0.2, 0.25) is 0 Å². The minimum atomic E-state index is -0.585. The van der Waals surface area contributed by atoms with Crippen molar-refractivity contribution in [2.24, 2.45) is 11.1 Å². The van der Waals surface area contributed by atoms with Crippen molar-refractivity contribution < 1.29 is 9.59 Å². The molecule has 3 N–H and O–H groups in total. The summed E-state index contributed by atoms with van der Waals surface area (Å²) in [6, 6.07) is 6.41. The number of hydrogen-bond acceptors (Lipinski definition) is 3. The molecule has 1 aromatic carbocycles. The molecule has 0 aromatic heterocycles. The lowest BCUT2D eigenvalue weighted by molar-refractivity contribution is -0.119. The van der Waals surface area contributed by atoms with Gasteiger partial charge in [0.15, 0.2) is 0 Å². The van der Waals surface area contributed by atoms with Crippen LogP contribution in [0.1, 0.15) is 44.0 Å². The molecule has 1 aliphatic rings. The first kappa shape index (κ1) is 16.5. The van der Waals surface area contributed by atoms with E-state index in [1.165, 1.54) is 0 Å². The molecule has 1 heterocycles. The van der Waals surface area contributed by atoms with Gasteiger partial charge in [-0.3, -0.25) is 9.59 Å². The van der Waals surface area contributed by atoms with Crippen LogP contribution in [-0.4, -0.2) is 35.8 Å². The number of hydrogen-bond donors (Lipinski definition) is 2. The summed E-state index contributed by atoms with van der Waals surface area (Å²) in [5.74, 6) is -0.159. The highest BCUT2D eigenvalue weighted by Crippen LogP contribution is 2.20. The lowest BCUT2D eigenvalue weighted by Crippen LogP contribution is -2.45. The van der Waals surface area contributed by atoms with E-state index >= 15 is 0 Å². The molecule has 0 radical (unpaired) electrons. The SMILES string of the molecule is CC(C)(C)[C@H](N)C(=O)Nc1ccc(C(=O)N2CCCC2)cc1. The molecule has 1 aliphatic heterocycles. The predicted molar refractivity (Wildman–Crippen MR) is 87.6 cm³/mol. The molecule has 1 aromatic rings. The normalized spacial score (nSPS) is 16.5. The number of nitrogens with two attached hydrogens (primary N) is 1. The monoisotopic (exact) mass is 303 g/mol. The van der Waals surface area contributed by atoms with E-state index in [9.17, 15) is 9.59 Å². The number of carbonyl (C=O) groups excluding carboxylic acids is 2. The van der Waals surface area contributed by atoms with Crippen molar-refractivity contribution >= 4 is 17.5 Å². The molecule has 1 atom stereocenters. The number of nitrogens with zero attached hydrogens (tertiary/aromatic N) is 1. The number of benzene rings is 1. The number of rotatable bonds is 3. The van der Waals surface area contributed by atoms with E-state index < -0.39 is 6.04 Å². The first-order valence-electron chi connectivity index (χ1n) is 7.75. The van der Waals surface area contributed by atoms with Gasteiger partial charge in [-0.1, -0.05) is 20.8 Å². The molecule has 2 rings (SSSR count).